The van der Waals surface area contributed by atoms with E-state index < -0.39 is 23.2 Å². The summed E-state index contributed by atoms with van der Waals surface area (Å²) >= 11 is 0. The highest BCUT2D eigenvalue weighted by Gasteiger charge is 2.60. The Labute approximate surface area is 120 Å². The number of halogens is 3. The van der Waals surface area contributed by atoms with Crippen LogP contribution in [0.2, 0.25) is 0 Å². The van der Waals surface area contributed by atoms with Crippen molar-refractivity contribution in [2.24, 2.45) is 0 Å². The molecule has 1 rings (SSSR count). The molecule has 7 heteroatoms. The lowest BCUT2D eigenvalue weighted by Crippen LogP contribution is -2.54. The fourth-order valence-corrected chi connectivity index (χ4v) is 1.78. The molecule has 0 aliphatic carbocycles. The molecule has 0 saturated heterocycles. The molecule has 0 aliphatic heterocycles. The van der Waals surface area contributed by atoms with Crippen LogP contribution in [0.15, 0.2) is 24.3 Å². The minimum atomic E-state index is -5.14. The molecule has 118 valence electrons. The molecule has 2 N–H and O–H groups in total. The second-order valence-corrected chi connectivity index (χ2v) is 4.55. The molecule has 21 heavy (non-hydrogen) atoms. The van der Waals surface area contributed by atoms with Crippen LogP contribution in [0.25, 0.3) is 0 Å². The molecule has 0 aliphatic rings. The van der Waals surface area contributed by atoms with Gasteiger partial charge in [-0.15, -0.1) is 0 Å². The van der Waals surface area contributed by atoms with Crippen molar-refractivity contribution < 1.29 is 27.8 Å². The highest BCUT2D eigenvalue weighted by atomic mass is 19.4. The Morgan fingerprint density at radius 3 is 2.57 bits per heavy atom. The predicted molar refractivity (Wildman–Crippen MR) is 70.9 cm³/mol. The molecular formula is C14H18F3NO3. The fraction of sp³-hybridized carbons (Fsp3) is 0.500. The summed E-state index contributed by atoms with van der Waals surface area (Å²) in [4.78, 5) is 11.9. The number of carbonyl (C=O) groups excluding carboxylic acids is 1. The van der Waals surface area contributed by atoms with E-state index in [1.54, 1.807) is 0 Å². The zero-order valence-corrected chi connectivity index (χ0v) is 11.8. The number of aliphatic hydroxyl groups is 1. The number of nitrogens with one attached hydrogen (secondary N) is 1. The minimum Gasteiger partial charge on any atom is -0.497 e. The Bertz CT molecular complexity index is 491. The first kappa shape index (κ1) is 17.3. The lowest BCUT2D eigenvalue weighted by atomic mass is 9.91. The fourth-order valence-electron chi connectivity index (χ4n) is 1.78. The van der Waals surface area contributed by atoms with Gasteiger partial charge in [0.2, 0.25) is 0 Å². The molecule has 4 nitrogen and oxygen atoms in total. The highest BCUT2D eigenvalue weighted by molar-refractivity contribution is 5.87. The van der Waals surface area contributed by atoms with Gasteiger partial charge in [0.05, 0.1) is 7.11 Å². The zero-order valence-electron chi connectivity index (χ0n) is 11.8. The average molecular weight is 305 g/mol. The number of hydrogen-bond donors (Lipinski definition) is 2. The molecule has 0 saturated carbocycles. The summed E-state index contributed by atoms with van der Waals surface area (Å²) in [7, 11) is 1.28. The monoisotopic (exact) mass is 305 g/mol. The number of amides is 1. The van der Waals surface area contributed by atoms with Gasteiger partial charge in [0.25, 0.3) is 11.5 Å². The molecule has 0 bridgehead atoms. The molecule has 0 aromatic heterocycles. The van der Waals surface area contributed by atoms with Gasteiger partial charge in [0, 0.05) is 12.1 Å². The van der Waals surface area contributed by atoms with Gasteiger partial charge < -0.3 is 15.2 Å². The topological polar surface area (TPSA) is 58.6 Å². The molecule has 0 fully saturated rings. The summed E-state index contributed by atoms with van der Waals surface area (Å²) in [5.74, 6) is -1.37. The van der Waals surface area contributed by atoms with Gasteiger partial charge in [-0.05, 0) is 18.6 Å². The van der Waals surface area contributed by atoms with E-state index in [1.807, 2.05) is 6.92 Å². The molecule has 1 aromatic carbocycles. The zero-order chi connectivity index (χ0) is 16.1. The smallest absolute Gasteiger partial charge is 0.430 e. The van der Waals surface area contributed by atoms with Crippen LogP contribution in [0.1, 0.15) is 25.3 Å². The minimum absolute atomic E-state index is 0.0672. The van der Waals surface area contributed by atoms with Crippen molar-refractivity contribution in [2.75, 3.05) is 13.7 Å². The quantitative estimate of drug-likeness (QED) is 0.793. The van der Waals surface area contributed by atoms with Gasteiger partial charge in [-0.3, -0.25) is 4.79 Å². The summed E-state index contributed by atoms with van der Waals surface area (Å²) in [5.41, 5.74) is -4.18. The first-order valence-corrected chi connectivity index (χ1v) is 6.49. The van der Waals surface area contributed by atoms with Crippen LogP contribution in [0.5, 0.6) is 5.75 Å². The van der Waals surface area contributed by atoms with Crippen LogP contribution in [0.3, 0.4) is 0 Å². The number of hydrogen-bond acceptors (Lipinski definition) is 3. The molecule has 1 unspecified atom stereocenters. The predicted octanol–water partition coefficient (Wildman–Crippen LogP) is 2.36. The third kappa shape index (κ3) is 3.66. The third-order valence-corrected chi connectivity index (χ3v) is 3.04. The Morgan fingerprint density at radius 1 is 1.38 bits per heavy atom. The number of rotatable bonds is 6. The van der Waals surface area contributed by atoms with Crippen LogP contribution < -0.4 is 10.1 Å². The van der Waals surface area contributed by atoms with Crippen molar-refractivity contribution in [1.29, 1.82) is 0 Å². The van der Waals surface area contributed by atoms with E-state index in [-0.39, 0.29) is 12.3 Å². The highest BCUT2D eigenvalue weighted by Crippen LogP contribution is 2.40. The van der Waals surface area contributed by atoms with Gasteiger partial charge in [-0.1, -0.05) is 25.5 Å². The third-order valence-electron chi connectivity index (χ3n) is 3.04. The maximum absolute atomic E-state index is 13.2. The normalized spacial score (nSPS) is 14.4. The number of ether oxygens (including phenoxy) is 1. The number of methoxy groups -OCH3 is 1. The van der Waals surface area contributed by atoms with Gasteiger partial charge in [-0.2, -0.15) is 13.2 Å². The second kappa shape index (κ2) is 6.80. The summed E-state index contributed by atoms with van der Waals surface area (Å²) in [6, 6.07) is 4.74. The molecule has 0 heterocycles. The summed E-state index contributed by atoms with van der Waals surface area (Å²) in [6.45, 7) is 1.90. The van der Waals surface area contributed by atoms with E-state index >= 15 is 0 Å². The van der Waals surface area contributed by atoms with Crippen LogP contribution in [-0.2, 0) is 10.4 Å². The van der Waals surface area contributed by atoms with E-state index in [2.05, 4.69) is 5.32 Å². The summed E-state index contributed by atoms with van der Waals surface area (Å²) in [5, 5.41) is 12.1. The molecule has 1 atom stereocenters. The van der Waals surface area contributed by atoms with Crippen LogP contribution in [-0.4, -0.2) is 30.8 Å². The number of carbonyl (C=O) groups is 1. The van der Waals surface area contributed by atoms with E-state index in [4.69, 9.17) is 4.74 Å². The van der Waals surface area contributed by atoms with E-state index in [1.165, 1.54) is 19.2 Å². The SMILES string of the molecule is CCCCNC(=O)C(O)(c1cccc(OC)c1)C(F)(F)F. The maximum atomic E-state index is 13.2. The Morgan fingerprint density at radius 2 is 2.05 bits per heavy atom. The van der Waals surface area contributed by atoms with Crippen molar-refractivity contribution in [3.05, 3.63) is 29.8 Å². The lowest BCUT2D eigenvalue weighted by molar-refractivity contribution is -0.257. The van der Waals surface area contributed by atoms with Gasteiger partial charge in [0.1, 0.15) is 5.75 Å². The largest absolute Gasteiger partial charge is 0.497 e. The Balaban J connectivity index is 3.17. The van der Waals surface area contributed by atoms with Crippen molar-refractivity contribution >= 4 is 5.91 Å². The first-order chi connectivity index (χ1) is 9.77. The molecule has 0 radical (unpaired) electrons. The van der Waals surface area contributed by atoms with Crippen LogP contribution in [0.4, 0.5) is 13.2 Å². The maximum Gasteiger partial charge on any atom is 0.430 e. The molecule has 0 spiro atoms. The van der Waals surface area contributed by atoms with E-state index in [0.29, 0.717) is 12.8 Å². The van der Waals surface area contributed by atoms with Gasteiger partial charge in [0.15, 0.2) is 0 Å². The number of benzene rings is 1. The average Bonchev–Trinajstić information content (AvgIpc) is 2.45. The molecule has 1 amide bonds. The molecule has 1 aromatic rings. The van der Waals surface area contributed by atoms with Gasteiger partial charge in [-0.25, -0.2) is 0 Å². The molecular weight excluding hydrogens is 287 g/mol. The van der Waals surface area contributed by atoms with Crippen molar-refractivity contribution in [3.63, 3.8) is 0 Å². The summed E-state index contributed by atoms with van der Waals surface area (Å²) < 4.78 is 44.5. The standard InChI is InChI=1S/C14H18F3NO3/c1-3-4-8-18-12(19)13(20,14(15,16)17)10-6-5-7-11(9-10)21-2/h5-7,9,20H,3-4,8H2,1-2H3,(H,18,19). The van der Waals surface area contributed by atoms with E-state index in [0.717, 1.165) is 12.1 Å². The Kier molecular flexibility index (Phi) is 5.60. The summed E-state index contributed by atoms with van der Waals surface area (Å²) in [6.07, 6.45) is -3.91. The van der Waals surface area contributed by atoms with Crippen molar-refractivity contribution in [2.45, 2.75) is 31.5 Å². The Hall–Kier alpha value is -1.76. The lowest BCUT2D eigenvalue weighted by Gasteiger charge is -2.29. The second-order valence-electron chi connectivity index (χ2n) is 4.55. The number of alkyl halides is 3. The van der Waals surface area contributed by atoms with E-state index in [9.17, 15) is 23.1 Å². The first-order valence-electron chi connectivity index (χ1n) is 6.49. The van der Waals surface area contributed by atoms with Crippen LogP contribution >= 0.6 is 0 Å². The number of unbranched alkanes of at least 4 members (excludes halogenated alkanes) is 1. The van der Waals surface area contributed by atoms with Crippen LogP contribution in [0, 0.1) is 0 Å². The van der Waals surface area contributed by atoms with Crippen molar-refractivity contribution in [3.8, 4) is 5.75 Å². The van der Waals surface area contributed by atoms with Crippen molar-refractivity contribution in [1.82, 2.24) is 5.32 Å². The van der Waals surface area contributed by atoms with Gasteiger partial charge >= 0.3 is 6.18 Å².